The van der Waals surface area contributed by atoms with Crippen molar-refractivity contribution in [2.75, 3.05) is 16.8 Å². The van der Waals surface area contributed by atoms with Crippen LogP contribution in [0, 0.1) is 6.92 Å². The van der Waals surface area contributed by atoms with Crippen molar-refractivity contribution in [2.45, 2.75) is 24.0 Å². The van der Waals surface area contributed by atoms with Gasteiger partial charge in [0.25, 0.3) is 0 Å². The van der Waals surface area contributed by atoms with Gasteiger partial charge in [0, 0.05) is 22.4 Å². The van der Waals surface area contributed by atoms with Crippen molar-refractivity contribution in [3.8, 4) is 0 Å². The molecule has 1 atom stereocenters. The summed E-state index contributed by atoms with van der Waals surface area (Å²) in [5.41, 5.74) is 2.93. The van der Waals surface area contributed by atoms with Gasteiger partial charge in [-0.1, -0.05) is 37.3 Å². The highest BCUT2D eigenvalue weighted by atomic mass is 32.2. The summed E-state index contributed by atoms with van der Waals surface area (Å²) in [5.74, 6) is 0. The van der Waals surface area contributed by atoms with E-state index in [-0.39, 0.29) is 6.03 Å². The van der Waals surface area contributed by atoms with Crippen molar-refractivity contribution >= 4 is 29.2 Å². The molecule has 0 radical (unpaired) electrons. The van der Waals surface area contributed by atoms with Crippen LogP contribution in [0.3, 0.4) is 0 Å². The number of aryl methyl sites for hydroxylation is 1. The normalized spacial score (nSPS) is 17.2. The number of thioether (sulfide) groups is 1. The molecule has 1 aliphatic rings. The Morgan fingerprint density at radius 3 is 2.71 bits per heavy atom. The van der Waals surface area contributed by atoms with E-state index in [1.807, 2.05) is 66.1 Å². The van der Waals surface area contributed by atoms with Gasteiger partial charge in [0.1, 0.15) is 0 Å². The number of fused-ring (bicyclic) bond motifs is 1. The molecule has 1 unspecified atom stereocenters. The second-order valence-corrected chi connectivity index (χ2v) is 6.73. The van der Waals surface area contributed by atoms with Crippen LogP contribution in [0.15, 0.2) is 53.4 Å². The fourth-order valence-electron chi connectivity index (χ4n) is 2.48. The average molecular weight is 298 g/mol. The molecule has 2 aromatic rings. The molecule has 0 saturated heterocycles. The number of rotatable bonds is 1. The van der Waals surface area contributed by atoms with Crippen molar-refractivity contribution in [1.29, 1.82) is 0 Å². The van der Waals surface area contributed by atoms with E-state index in [0.29, 0.717) is 5.25 Å². The molecular formula is C17H18N2OS. The highest BCUT2D eigenvalue weighted by Crippen LogP contribution is 2.38. The van der Waals surface area contributed by atoms with E-state index in [4.69, 9.17) is 0 Å². The second-order valence-electron chi connectivity index (χ2n) is 5.25. The van der Waals surface area contributed by atoms with Crippen LogP contribution in [0.1, 0.15) is 12.5 Å². The van der Waals surface area contributed by atoms with Crippen molar-refractivity contribution in [1.82, 2.24) is 0 Å². The molecule has 4 heteroatoms. The quantitative estimate of drug-likeness (QED) is 0.839. The molecule has 0 bridgehead atoms. The molecule has 2 amide bonds. The summed E-state index contributed by atoms with van der Waals surface area (Å²) < 4.78 is 0. The monoisotopic (exact) mass is 298 g/mol. The summed E-state index contributed by atoms with van der Waals surface area (Å²) in [4.78, 5) is 15.6. The van der Waals surface area contributed by atoms with Crippen molar-refractivity contribution in [3.63, 3.8) is 0 Å². The van der Waals surface area contributed by atoms with Crippen LogP contribution in [0.4, 0.5) is 16.2 Å². The van der Waals surface area contributed by atoms with Crippen molar-refractivity contribution in [3.05, 3.63) is 54.1 Å². The lowest BCUT2D eigenvalue weighted by atomic mass is 10.2. The lowest BCUT2D eigenvalue weighted by molar-refractivity contribution is 0.256. The highest BCUT2D eigenvalue weighted by molar-refractivity contribution is 8.00. The molecule has 2 aromatic carbocycles. The Labute approximate surface area is 129 Å². The van der Waals surface area contributed by atoms with Gasteiger partial charge in [0.2, 0.25) is 0 Å². The van der Waals surface area contributed by atoms with Crippen LogP contribution < -0.4 is 10.2 Å². The molecule has 1 aliphatic heterocycles. The van der Waals surface area contributed by atoms with E-state index in [1.54, 1.807) is 0 Å². The maximum absolute atomic E-state index is 12.6. The first kappa shape index (κ1) is 14.0. The summed E-state index contributed by atoms with van der Waals surface area (Å²) in [6, 6.07) is 15.8. The number of carbonyl (C=O) groups is 1. The van der Waals surface area contributed by atoms with Crippen LogP contribution in [0.5, 0.6) is 0 Å². The van der Waals surface area contributed by atoms with Gasteiger partial charge in [0.15, 0.2) is 0 Å². The Balaban J connectivity index is 1.87. The fourth-order valence-corrected chi connectivity index (χ4v) is 3.59. The number of nitrogens with zero attached hydrogens (tertiary/aromatic N) is 1. The van der Waals surface area contributed by atoms with E-state index in [1.165, 1.54) is 0 Å². The molecule has 0 aliphatic carbocycles. The second kappa shape index (κ2) is 5.82. The highest BCUT2D eigenvalue weighted by Gasteiger charge is 2.26. The van der Waals surface area contributed by atoms with Crippen LogP contribution >= 0.6 is 11.8 Å². The van der Waals surface area contributed by atoms with Gasteiger partial charge in [-0.15, -0.1) is 11.8 Å². The van der Waals surface area contributed by atoms with Gasteiger partial charge in [0.05, 0.1) is 5.69 Å². The summed E-state index contributed by atoms with van der Waals surface area (Å²) in [6.07, 6.45) is 0. The minimum Gasteiger partial charge on any atom is -0.307 e. The van der Waals surface area contributed by atoms with E-state index in [0.717, 1.165) is 28.4 Å². The summed E-state index contributed by atoms with van der Waals surface area (Å²) in [7, 11) is 0. The zero-order valence-electron chi connectivity index (χ0n) is 12.2. The lowest BCUT2D eigenvalue weighted by Gasteiger charge is -2.32. The fraction of sp³-hybridized carbons (Fsp3) is 0.235. The third kappa shape index (κ3) is 2.90. The molecule has 108 valence electrons. The van der Waals surface area contributed by atoms with E-state index in [9.17, 15) is 4.79 Å². The van der Waals surface area contributed by atoms with Gasteiger partial charge in [-0.25, -0.2) is 4.79 Å². The summed E-state index contributed by atoms with van der Waals surface area (Å²) in [5, 5.41) is 3.41. The molecule has 1 N–H and O–H groups in total. The smallest absolute Gasteiger partial charge is 0.307 e. The van der Waals surface area contributed by atoms with Crippen molar-refractivity contribution < 1.29 is 4.79 Å². The van der Waals surface area contributed by atoms with E-state index < -0.39 is 0 Å². The van der Waals surface area contributed by atoms with Crippen LogP contribution in [-0.2, 0) is 0 Å². The molecule has 3 nitrogen and oxygen atoms in total. The Morgan fingerprint density at radius 1 is 1.19 bits per heavy atom. The molecule has 3 rings (SSSR count). The predicted octanol–water partition coefficient (Wildman–Crippen LogP) is 4.53. The van der Waals surface area contributed by atoms with E-state index in [2.05, 4.69) is 18.3 Å². The lowest BCUT2D eigenvalue weighted by Crippen LogP contribution is -2.41. The van der Waals surface area contributed by atoms with Gasteiger partial charge in [-0.2, -0.15) is 0 Å². The zero-order valence-corrected chi connectivity index (χ0v) is 13.0. The number of urea groups is 1. The molecule has 0 fully saturated rings. The Hall–Kier alpha value is -1.94. The predicted molar refractivity (Wildman–Crippen MR) is 89.3 cm³/mol. The van der Waals surface area contributed by atoms with Gasteiger partial charge < -0.3 is 5.32 Å². The number of benzene rings is 2. The maximum Gasteiger partial charge on any atom is 0.326 e. The molecule has 21 heavy (non-hydrogen) atoms. The zero-order chi connectivity index (χ0) is 14.8. The number of hydrogen-bond donors (Lipinski definition) is 1. The van der Waals surface area contributed by atoms with Gasteiger partial charge in [-0.05, 0) is 30.7 Å². The number of para-hydroxylation sites is 2. The average Bonchev–Trinajstić information content (AvgIpc) is 2.48. The molecule has 0 spiro atoms. The topological polar surface area (TPSA) is 32.3 Å². The standard InChI is InChI=1S/C17H18N2OS/c1-12-7-3-4-8-14(12)18-17(20)19-11-13(2)21-16-10-6-5-9-15(16)19/h3-10,13H,11H2,1-2H3,(H,18,20). The first-order valence-electron chi connectivity index (χ1n) is 7.05. The minimum absolute atomic E-state index is 0.0658. The first-order chi connectivity index (χ1) is 10.1. The Bertz CT molecular complexity index is 671. The van der Waals surface area contributed by atoms with Crippen LogP contribution in [0.2, 0.25) is 0 Å². The number of hydrogen-bond acceptors (Lipinski definition) is 2. The number of nitrogens with one attached hydrogen (secondary N) is 1. The summed E-state index contributed by atoms with van der Waals surface area (Å²) in [6.45, 7) is 4.87. The van der Waals surface area contributed by atoms with E-state index >= 15 is 0 Å². The number of anilines is 2. The third-order valence-electron chi connectivity index (χ3n) is 3.56. The Morgan fingerprint density at radius 2 is 1.90 bits per heavy atom. The Kier molecular flexibility index (Phi) is 3.88. The SMILES string of the molecule is Cc1ccccc1NC(=O)N1CC(C)Sc2ccccc21. The first-order valence-corrected chi connectivity index (χ1v) is 7.93. The maximum atomic E-state index is 12.6. The molecule has 0 saturated carbocycles. The molecule has 1 heterocycles. The van der Waals surface area contributed by atoms with Gasteiger partial charge in [-0.3, -0.25) is 4.90 Å². The minimum atomic E-state index is -0.0658. The van der Waals surface area contributed by atoms with Gasteiger partial charge >= 0.3 is 6.03 Å². The number of amides is 2. The third-order valence-corrected chi connectivity index (χ3v) is 4.71. The largest absolute Gasteiger partial charge is 0.326 e. The van der Waals surface area contributed by atoms with Crippen LogP contribution in [0.25, 0.3) is 0 Å². The molecular weight excluding hydrogens is 280 g/mol. The summed E-state index contributed by atoms with van der Waals surface area (Å²) >= 11 is 1.82. The number of carbonyl (C=O) groups excluding carboxylic acids is 1. The van der Waals surface area contributed by atoms with Crippen molar-refractivity contribution in [2.24, 2.45) is 0 Å². The molecule has 0 aromatic heterocycles. The van der Waals surface area contributed by atoms with Crippen LogP contribution in [-0.4, -0.2) is 17.8 Å².